The second-order valence-corrected chi connectivity index (χ2v) is 6.12. The summed E-state index contributed by atoms with van der Waals surface area (Å²) >= 11 is 0. The second kappa shape index (κ2) is 6.67. The summed E-state index contributed by atoms with van der Waals surface area (Å²) in [6, 6.07) is 7.25. The van der Waals surface area contributed by atoms with Crippen LogP contribution in [0.25, 0.3) is 0 Å². The zero-order chi connectivity index (χ0) is 15.5. The number of hydrogen-bond acceptors (Lipinski definition) is 4. The first kappa shape index (κ1) is 15.3. The van der Waals surface area contributed by atoms with Gasteiger partial charge in [0.2, 0.25) is 0 Å². The zero-order valence-electron chi connectivity index (χ0n) is 12.9. The fraction of sp³-hybridized carbons (Fsp3) is 0.588. The van der Waals surface area contributed by atoms with E-state index in [1.807, 2.05) is 17.0 Å². The maximum atomic E-state index is 12.8. The molecule has 2 aliphatic heterocycles. The van der Waals surface area contributed by atoms with Crippen molar-refractivity contribution in [2.24, 2.45) is 5.92 Å². The number of aliphatic hydroxyl groups is 1. The minimum Gasteiger partial charge on any atom is -0.497 e. The van der Waals surface area contributed by atoms with Crippen LogP contribution in [0.1, 0.15) is 29.6 Å². The summed E-state index contributed by atoms with van der Waals surface area (Å²) in [4.78, 5) is 14.7. The summed E-state index contributed by atoms with van der Waals surface area (Å²) in [5.74, 6) is 0.953. The van der Waals surface area contributed by atoms with E-state index in [2.05, 4.69) is 0 Å². The molecule has 120 valence electrons. The van der Waals surface area contributed by atoms with Crippen molar-refractivity contribution >= 4 is 5.91 Å². The maximum absolute atomic E-state index is 12.8. The number of ether oxygens (including phenoxy) is 2. The number of hydrogen-bond donors (Lipinski definition) is 1. The molecule has 0 spiro atoms. The Morgan fingerprint density at radius 2 is 2.32 bits per heavy atom. The standard InChI is InChI=1S/C17H23NO4/c1-21-15-6-2-4-12(8-15)17(20)18-10-14(19)9-16(18)13-5-3-7-22-11-13/h2,4,6,8,13-14,16,19H,3,5,7,9-11H2,1H3/t13-,14-,16+/m1/s1. The molecule has 0 aromatic heterocycles. The Labute approximate surface area is 130 Å². The molecule has 1 amide bonds. The molecular formula is C17H23NO4. The first-order valence-electron chi connectivity index (χ1n) is 7.90. The number of benzene rings is 1. The third kappa shape index (κ3) is 3.10. The molecule has 0 unspecified atom stereocenters. The summed E-state index contributed by atoms with van der Waals surface area (Å²) in [6.45, 7) is 1.88. The lowest BCUT2D eigenvalue weighted by Crippen LogP contribution is -2.42. The number of likely N-dealkylation sites (tertiary alicyclic amines) is 1. The molecule has 2 saturated heterocycles. The van der Waals surface area contributed by atoms with Crippen LogP contribution < -0.4 is 4.74 Å². The minimum absolute atomic E-state index is 0.0361. The molecule has 3 rings (SSSR count). The largest absolute Gasteiger partial charge is 0.497 e. The molecule has 0 saturated carbocycles. The van der Waals surface area contributed by atoms with Crippen LogP contribution in [0.3, 0.4) is 0 Å². The number of rotatable bonds is 3. The first-order chi connectivity index (χ1) is 10.7. The van der Waals surface area contributed by atoms with E-state index in [4.69, 9.17) is 9.47 Å². The fourth-order valence-corrected chi connectivity index (χ4v) is 3.51. The summed E-state index contributed by atoms with van der Waals surface area (Å²) in [5, 5.41) is 10.0. The van der Waals surface area contributed by atoms with Crippen LogP contribution in [-0.2, 0) is 4.74 Å². The molecule has 0 radical (unpaired) electrons. The first-order valence-corrected chi connectivity index (χ1v) is 7.90. The molecule has 5 heteroatoms. The van der Waals surface area contributed by atoms with Gasteiger partial charge in [0.15, 0.2) is 0 Å². The van der Waals surface area contributed by atoms with E-state index < -0.39 is 6.10 Å². The van der Waals surface area contributed by atoms with Crippen molar-refractivity contribution in [2.75, 3.05) is 26.9 Å². The van der Waals surface area contributed by atoms with E-state index in [9.17, 15) is 9.90 Å². The predicted octanol–water partition coefficient (Wildman–Crippen LogP) is 1.70. The lowest BCUT2D eigenvalue weighted by molar-refractivity contribution is 0.0190. The highest BCUT2D eigenvalue weighted by Gasteiger charge is 2.39. The summed E-state index contributed by atoms with van der Waals surface area (Å²) in [6.07, 6.45) is 2.28. The molecule has 5 nitrogen and oxygen atoms in total. The zero-order valence-corrected chi connectivity index (χ0v) is 12.9. The number of amides is 1. The van der Waals surface area contributed by atoms with Gasteiger partial charge in [-0.1, -0.05) is 6.07 Å². The van der Waals surface area contributed by atoms with Crippen LogP contribution in [0.4, 0.5) is 0 Å². The Kier molecular flexibility index (Phi) is 4.64. The molecular weight excluding hydrogens is 282 g/mol. The molecule has 2 heterocycles. The SMILES string of the molecule is COc1cccc(C(=O)N2C[C@H](O)C[C@H]2[C@@H]2CCCOC2)c1. The number of carbonyl (C=O) groups excluding carboxylic acids is 1. The van der Waals surface area contributed by atoms with Gasteiger partial charge >= 0.3 is 0 Å². The van der Waals surface area contributed by atoms with Gasteiger partial charge in [0, 0.05) is 30.7 Å². The van der Waals surface area contributed by atoms with Crippen molar-refractivity contribution in [3.63, 3.8) is 0 Å². The fourth-order valence-electron chi connectivity index (χ4n) is 3.51. The average Bonchev–Trinajstić information content (AvgIpc) is 2.97. The highest BCUT2D eigenvalue weighted by molar-refractivity contribution is 5.95. The minimum atomic E-state index is -0.443. The summed E-state index contributed by atoms with van der Waals surface area (Å²) in [7, 11) is 1.59. The summed E-state index contributed by atoms with van der Waals surface area (Å²) < 4.78 is 10.8. The van der Waals surface area contributed by atoms with Gasteiger partial charge in [0.1, 0.15) is 5.75 Å². The lowest BCUT2D eigenvalue weighted by Gasteiger charge is -2.33. The van der Waals surface area contributed by atoms with Crippen molar-refractivity contribution in [3.05, 3.63) is 29.8 Å². The van der Waals surface area contributed by atoms with Crippen molar-refractivity contribution < 1.29 is 19.4 Å². The van der Waals surface area contributed by atoms with Crippen LogP contribution >= 0.6 is 0 Å². The van der Waals surface area contributed by atoms with Crippen LogP contribution in [0, 0.1) is 5.92 Å². The smallest absolute Gasteiger partial charge is 0.254 e. The Morgan fingerprint density at radius 3 is 3.05 bits per heavy atom. The third-order valence-electron chi connectivity index (χ3n) is 4.64. The molecule has 2 aliphatic rings. The molecule has 1 aromatic rings. The molecule has 1 aromatic carbocycles. The molecule has 1 N–H and O–H groups in total. The van der Waals surface area contributed by atoms with Gasteiger partial charge < -0.3 is 19.5 Å². The van der Waals surface area contributed by atoms with Gasteiger partial charge in [0.25, 0.3) is 5.91 Å². The molecule has 22 heavy (non-hydrogen) atoms. The Morgan fingerprint density at radius 1 is 1.45 bits per heavy atom. The normalized spacial score (nSPS) is 28.6. The van der Waals surface area contributed by atoms with E-state index in [-0.39, 0.29) is 11.9 Å². The van der Waals surface area contributed by atoms with Crippen LogP contribution in [0.5, 0.6) is 5.75 Å². The summed E-state index contributed by atoms with van der Waals surface area (Å²) in [5.41, 5.74) is 0.607. The average molecular weight is 305 g/mol. The van der Waals surface area contributed by atoms with Crippen molar-refractivity contribution in [3.8, 4) is 5.75 Å². The van der Waals surface area contributed by atoms with Gasteiger partial charge in [-0.15, -0.1) is 0 Å². The van der Waals surface area contributed by atoms with E-state index in [1.165, 1.54) is 0 Å². The van der Waals surface area contributed by atoms with Crippen molar-refractivity contribution in [2.45, 2.75) is 31.4 Å². The number of carbonyl (C=O) groups is 1. The van der Waals surface area contributed by atoms with Crippen LogP contribution in [0.2, 0.25) is 0 Å². The van der Waals surface area contributed by atoms with Crippen LogP contribution in [-0.4, -0.2) is 54.9 Å². The highest BCUT2D eigenvalue weighted by Crippen LogP contribution is 2.31. The second-order valence-electron chi connectivity index (χ2n) is 6.12. The van der Waals surface area contributed by atoms with Crippen molar-refractivity contribution in [1.82, 2.24) is 4.90 Å². The number of methoxy groups -OCH3 is 1. The van der Waals surface area contributed by atoms with E-state index in [1.54, 1.807) is 19.2 Å². The third-order valence-corrected chi connectivity index (χ3v) is 4.64. The Hall–Kier alpha value is -1.59. The van der Waals surface area contributed by atoms with E-state index in [0.29, 0.717) is 36.8 Å². The van der Waals surface area contributed by atoms with Crippen molar-refractivity contribution in [1.29, 1.82) is 0 Å². The monoisotopic (exact) mass is 305 g/mol. The van der Waals surface area contributed by atoms with Gasteiger partial charge in [0.05, 0.1) is 19.8 Å². The molecule has 0 aliphatic carbocycles. The number of nitrogens with zero attached hydrogens (tertiary/aromatic N) is 1. The van der Waals surface area contributed by atoms with Gasteiger partial charge in [-0.3, -0.25) is 4.79 Å². The highest BCUT2D eigenvalue weighted by atomic mass is 16.5. The molecule has 3 atom stereocenters. The van der Waals surface area contributed by atoms with E-state index >= 15 is 0 Å². The Balaban J connectivity index is 1.79. The van der Waals surface area contributed by atoms with Gasteiger partial charge in [-0.25, -0.2) is 0 Å². The number of β-amino-alcohol motifs (C(OH)–C–C–N with tert-alkyl or cyclic N) is 1. The van der Waals surface area contributed by atoms with Gasteiger partial charge in [-0.2, -0.15) is 0 Å². The Bertz CT molecular complexity index is 527. The van der Waals surface area contributed by atoms with Gasteiger partial charge in [-0.05, 0) is 37.5 Å². The number of aliphatic hydroxyl groups excluding tert-OH is 1. The van der Waals surface area contributed by atoms with E-state index in [0.717, 1.165) is 19.4 Å². The lowest BCUT2D eigenvalue weighted by atomic mass is 9.91. The maximum Gasteiger partial charge on any atom is 0.254 e. The quantitative estimate of drug-likeness (QED) is 0.923. The molecule has 0 bridgehead atoms. The van der Waals surface area contributed by atoms with Crippen LogP contribution in [0.15, 0.2) is 24.3 Å². The predicted molar refractivity (Wildman–Crippen MR) is 82.0 cm³/mol. The molecule has 2 fully saturated rings. The topological polar surface area (TPSA) is 59.0 Å².